The summed E-state index contributed by atoms with van der Waals surface area (Å²) < 4.78 is 0. The van der Waals surface area contributed by atoms with Crippen molar-refractivity contribution in [2.24, 2.45) is 5.41 Å². The summed E-state index contributed by atoms with van der Waals surface area (Å²) in [6.07, 6.45) is 5.93. The van der Waals surface area contributed by atoms with Crippen molar-refractivity contribution in [2.45, 2.75) is 51.9 Å². The van der Waals surface area contributed by atoms with E-state index < -0.39 is 0 Å². The molecule has 116 valence electrons. The van der Waals surface area contributed by atoms with Crippen LogP contribution in [0.4, 0.5) is 10.7 Å². The Kier molecular flexibility index (Phi) is 3.86. The minimum absolute atomic E-state index is 0.0214. The fraction of sp³-hybridized carbons (Fsp3) is 0.688. The Bertz CT molecular complexity index is 544. The fourth-order valence-electron chi connectivity index (χ4n) is 2.54. The number of carbonyl (C=O) groups excluding carboxylic acids is 1. The minimum atomic E-state index is -0.0214. The molecule has 0 spiro atoms. The highest BCUT2D eigenvalue weighted by Crippen LogP contribution is 2.52. The lowest BCUT2D eigenvalue weighted by Gasteiger charge is -2.11. The first-order valence-corrected chi connectivity index (χ1v) is 8.80. The van der Waals surface area contributed by atoms with E-state index in [9.17, 15) is 4.79 Å². The van der Waals surface area contributed by atoms with E-state index in [0.29, 0.717) is 28.4 Å². The van der Waals surface area contributed by atoms with Crippen LogP contribution < -0.4 is 16.4 Å². The van der Waals surface area contributed by atoms with Gasteiger partial charge in [-0.25, -0.2) is 0 Å². The molecule has 3 rings (SSSR count). The number of nitrogen functional groups attached to an aromatic ring is 1. The molecule has 1 amide bonds. The first-order chi connectivity index (χ1) is 10.0. The zero-order chi connectivity index (χ0) is 15.0. The van der Waals surface area contributed by atoms with Crippen LogP contribution in [0.3, 0.4) is 0 Å². The van der Waals surface area contributed by atoms with Crippen molar-refractivity contribution in [3.8, 4) is 0 Å². The molecule has 1 heterocycles. The average Bonchev–Trinajstić information content (AvgIpc) is 3.37. The van der Waals surface area contributed by atoms with E-state index in [1.165, 1.54) is 42.6 Å². The Morgan fingerprint density at radius 3 is 2.71 bits per heavy atom. The highest BCUT2D eigenvalue weighted by atomic mass is 32.1. The van der Waals surface area contributed by atoms with Crippen molar-refractivity contribution in [3.63, 3.8) is 0 Å². The van der Waals surface area contributed by atoms with Crippen LogP contribution in [0.5, 0.6) is 0 Å². The standard InChI is InChI=1S/C16H25N3OS/c1-3-8-18-14(20)13-12(17)11(10-4-5-10)15(21-13)19-9-16(2)6-7-16/h10,19H,3-9,17H2,1-2H3,(H,18,20). The summed E-state index contributed by atoms with van der Waals surface area (Å²) in [6.45, 7) is 6.05. The van der Waals surface area contributed by atoms with Gasteiger partial charge < -0.3 is 16.4 Å². The normalized spacial score (nSPS) is 19.3. The van der Waals surface area contributed by atoms with Gasteiger partial charge in [0.2, 0.25) is 0 Å². The number of nitrogens with two attached hydrogens (primary N) is 1. The number of anilines is 2. The third-order valence-corrected chi connectivity index (χ3v) is 5.67. The second-order valence-electron chi connectivity index (χ2n) is 6.78. The number of carbonyl (C=O) groups is 1. The van der Waals surface area contributed by atoms with Crippen LogP contribution in [0.25, 0.3) is 0 Å². The quantitative estimate of drug-likeness (QED) is 0.721. The third-order valence-electron chi connectivity index (χ3n) is 4.49. The van der Waals surface area contributed by atoms with Crippen LogP contribution in [-0.2, 0) is 0 Å². The molecule has 0 aromatic carbocycles. The first-order valence-electron chi connectivity index (χ1n) is 7.98. The van der Waals surface area contributed by atoms with Crippen molar-refractivity contribution in [1.82, 2.24) is 5.32 Å². The molecular formula is C16H25N3OS. The Balaban J connectivity index is 1.79. The molecule has 0 atom stereocenters. The summed E-state index contributed by atoms with van der Waals surface area (Å²) in [4.78, 5) is 12.9. The fourth-order valence-corrected chi connectivity index (χ4v) is 3.66. The van der Waals surface area contributed by atoms with E-state index in [-0.39, 0.29) is 5.91 Å². The van der Waals surface area contributed by atoms with E-state index in [1.807, 2.05) is 0 Å². The molecule has 0 bridgehead atoms. The average molecular weight is 307 g/mol. The van der Waals surface area contributed by atoms with Crippen LogP contribution in [0.15, 0.2) is 0 Å². The Morgan fingerprint density at radius 1 is 1.43 bits per heavy atom. The van der Waals surface area contributed by atoms with Crippen molar-refractivity contribution < 1.29 is 4.79 Å². The minimum Gasteiger partial charge on any atom is -0.397 e. The highest BCUT2D eigenvalue weighted by Gasteiger charge is 2.38. The van der Waals surface area contributed by atoms with Gasteiger partial charge in [0.1, 0.15) is 4.88 Å². The second-order valence-corrected chi connectivity index (χ2v) is 7.80. The number of hydrogen-bond acceptors (Lipinski definition) is 4. The monoisotopic (exact) mass is 307 g/mol. The Hall–Kier alpha value is -1.23. The van der Waals surface area contributed by atoms with Gasteiger partial charge in [0, 0.05) is 18.7 Å². The number of hydrogen-bond donors (Lipinski definition) is 3. The second kappa shape index (κ2) is 5.52. The summed E-state index contributed by atoms with van der Waals surface area (Å²) in [7, 11) is 0. The summed E-state index contributed by atoms with van der Waals surface area (Å²) in [5.74, 6) is 0.537. The van der Waals surface area contributed by atoms with E-state index in [4.69, 9.17) is 5.73 Å². The van der Waals surface area contributed by atoms with Gasteiger partial charge in [-0.3, -0.25) is 4.79 Å². The molecule has 0 unspecified atom stereocenters. The highest BCUT2D eigenvalue weighted by molar-refractivity contribution is 7.18. The molecule has 2 aliphatic rings. The van der Waals surface area contributed by atoms with Crippen LogP contribution >= 0.6 is 11.3 Å². The van der Waals surface area contributed by atoms with E-state index in [2.05, 4.69) is 24.5 Å². The smallest absolute Gasteiger partial charge is 0.263 e. The van der Waals surface area contributed by atoms with Gasteiger partial charge in [-0.15, -0.1) is 11.3 Å². The topological polar surface area (TPSA) is 67.2 Å². The van der Waals surface area contributed by atoms with Gasteiger partial charge in [0.25, 0.3) is 5.91 Å². The van der Waals surface area contributed by atoms with Crippen LogP contribution in [0.1, 0.15) is 67.1 Å². The van der Waals surface area contributed by atoms with Crippen LogP contribution in [-0.4, -0.2) is 19.0 Å². The Morgan fingerprint density at radius 2 is 2.14 bits per heavy atom. The van der Waals surface area contributed by atoms with Crippen molar-refractivity contribution in [2.75, 3.05) is 24.1 Å². The third kappa shape index (κ3) is 3.18. The maximum absolute atomic E-state index is 12.2. The lowest BCUT2D eigenvalue weighted by molar-refractivity contribution is 0.0958. The van der Waals surface area contributed by atoms with Gasteiger partial charge in [0.15, 0.2) is 0 Å². The molecule has 0 aliphatic heterocycles. The molecule has 0 saturated heterocycles. The van der Waals surface area contributed by atoms with Gasteiger partial charge in [-0.05, 0) is 43.4 Å². The number of thiophene rings is 1. The molecule has 0 radical (unpaired) electrons. The molecular weight excluding hydrogens is 282 g/mol. The van der Waals surface area contributed by atoms with Gasteiger partial charge in [0.05, 0.1) is 10.7 Å². The SMILES string of the molecule is CCCNC(=O)c1sc(NCC2(C)CC2)c(C2CC2)c1N. The lowest BCUT2D eigenvalue weighted by atomic mass is 10.1. The zero-order valence-corrected chi connectivity index (χ0v) is 13.7. The van der Waals surface area contributed by atoms with Crippen LogP contribution in [0, 0.1) is 5.41 Å². The summed E-state index contributed by atoms with van der Waals surface area (Å²) in [5, 5.41) is 7.63. The van der Waals surface area contributed by atoms with Crippen LogP contribution in [0.2, 0.25) is 0 Å². The van der Waals surface area contributed by atoms with Gasteiger partial charge in [-0.2, -0.15) is 0 Å². The molecule has 2 fully saturated rings. The lowest BCUT2D eigenvalue weighted by Crippen LogP contribution is -2.23. The van der Waals surface area contributed by atoms with Gasteiger partial charge >= 0.3 is 0 Å². The molecule has 21 heavy (non-hydrogen) atoms. The van der Waals surface area contributed by atoms with E-state index >= 15 is 0 Å². The molecule has 2 aliphatic carbocycles. The zero-order valence-electron chi connectivity index (χ0n) is 12.9. The molecule has 5 heteroatoms. The van der Waals surface area contributed by atoms with Gasteiger partial charge in [-0.1, -0.05) is 13.8 Å². The maximum Gasteiger partial charge on any atom is 0.263 e. The molecule has 2 saturated carbocycles. The Labute approximate surface area is 130 Å². The maximum atomic E-state index is 12.2. The van der Waals surface area contributed by atoms with Crippen molar-refractivity contribution >= 4 is 27.9 Å². The molecule has 1 aromatic rings. The molecule has 1 aromatic heterocycles. The molecule has 4 N–H and O–H groups in total. The number of nitrogens with one attached hydrogen (secondary N) is 2. The van der Waals surface area contributed by atoms with Crippen molar-refractivity contribution in [3.05, 3.63) is 10.4 Å². The largest absolute Gasteiger partial charge is 0.397 e. The summed E-state index contributed by atoms with van der Waals surface area (Å²) in [5.41, 5.74) is 8.64. The summed E-state index contributed by atoms with van der Waals surface area (Å²) in [6, 6.07) is 0. The molecule has 4 nitrogen and oxygen atoms in total. The predicted molar refractivity (Wildman–Crippen MR) is 89.2 cm³/mol. The first kappa shape index (κ1) is 14.7. The van der Waals surface area contributed by atoms with E-state index in [1.54, 1.807) is 0 Å². The van der Waals surface area contributed by atoms with Crippen molar-refractivity contribution in [1.29, 1.82) is 0 Å². The van der Waals surface area contributed by atoms with E-state index in [0.717, 1.165) is 18.0 Å². The number of amides is 1. The summed E-state index contributed by atoms with van der Waals surface area (Å²) >= 11 is 1.53. The number of rotatable bonds is 7. The predicted octanol–water partition coefficient (Wildman–Crippen LogP) is 3.56.